The van der Waals surface area contributed by atoms with Gasteiger partial charge in [0, 0.05) is 18.8 Å². The van der Waals surface area contributed by atoms with E-state index in [1.165, 1.54) is 12.8 Å². The predicted octanol–water partition coefficient (Wildman–Crippen LogP) is 1.84. The molecule has 1 aromatic heterocycles. The number of rotatable bonds is 3. The number of para-hydroxylation sites is 1. The molecule has 0 unspecified atom stereocenters. The topological polar surface area (TPSA) is 68.2 Å². The molecule has 1 saturated heterocycles. The molecule has 1 fully saturated rings. The summed E-state index contributed by atoms with van der Waals surface area (Å²) in [6.07, 6.45) is 2.99. The highest BCUT2D eigenvalue weighted by Crippen LogP contribution is 2.21. The van der Waals surface area contributed by atoms with Crippen LogP contribution in [-0.2, 0) is 6.42 Å². The third-order valence-electron chi connectivity index (χ3n) is 3.23. The number of nitrogen functional groups attached to an aromatic ring is 1. The van der Waals surface area contributed by atoms with Gasteiger partial charge in [-0.2, -0.15) is 0 Å². The van der Waals surface area contributed by atoms with Crippen LogP contribution in [0, 0.1) is 0 Å². The van der Waals surface area contributed by atoms with E-state index in [0.717, 1.165) is 24.3 Å². The third-order valence-corrected chi connectivity index (χ3v) is 3.23. The maximum absolute atomic E-state index is 5.90. The number of nitrogens with zero attached hydrogens (tertiary/aromatic N) is 3. The van der Waals surface area contributed by atoms with Crippen molar-refractivity contribution in [1.82, 2.24) is 10.2 Å². The molecule has 0 aliphatic carbocycles. The number of nitrogens with two attached hydrogens (primary N) is 1. The fraction of sp³-hybridized carbons (Fsp3) is 0.385. The van der Waals surface area contributed by atoms with Gasteiger partial charge in [0.15, 0.2) is 0 Å². The van der Waals surface area contributed by atoms with Crippen molar-refractivity contribution in [3.63, 3.8) is 0 Å². The summed E-state index contributed by atoms with van der Waals surface area (Å²) < 4.78 is 5.67. The minimum atomic E-state index is 0.591. The minimum Gasteiger partial charge on any atom is -0.408 e. The first-order valence-corrected chi connectivity index (χ1v) is 6.23. The largest absolute Gasteiger partial charge is 0.408 e. The molecule has 0 atom stereocenters. The van der Waals surface area contributed by atoms with Gasteiger partial charge in [-0.05, 0) is 24.5 Å². The number of anilines is 2. The minimum absolute atomic E-state index is 0.591. The first-order valence-electron chi connectivity index (χ1n) is 6.23. The van der Waals surface area contributed by atoms with Gasteiger partial charge in [0.25, 0.3) is 0 Å². The summed E-state index contributed by atoms with van der Waals surface area (Å²) in [7, 11) is 0. The second-order valence-corrected chi connectivity index (χ2v) is 4.55. The van der Waals surface area contributed by atoms with Crippen LogP contribution in [0.5, 0.6) is 0 Å². The number of hydrogen-bond acceptors (Lipinski definition) is 5. The molecule has 0 bridgehead atoms. The van der Waals surface area contributed by atoms with Gasteiger partial charge < -0.3 is 15.1 Å². The Labute approximate surface area is 106 Å². The van der Waals surface area contributed by atoms with E-state index in [1.54, 1.807) is 0 Å². The van der Waals surface area contributed by atoms with E-state index in [0.29, 0.717) is 18.3 Å². The van der Waals surface area contributed by atoms with Gasteiger partial charge in [0.05, 0.1) is 6.42 Å². The standard InChI is InChI=1S/C13H16N4O/c14-11-6-2-1-5-10(11)9-12-15-16-13(18-12)17-7-3-4-8-17/h1-2,5-6H,3-4,7-9,14H2. The molecule has 1 aliphatic heterocycles. The van der Waals surface area contributed by atoms with Crippen molar-refractivity contribution in [2.45, 2.75) is 19.3 Å². The Kier molecular flexibility index (Phi) is 2.88. The highest BCUT2D eigenvalue weighted by molar-refractivity contribution is 5.47. The second kappa shape index (κ2) is 4.68. The Balaban J connectivity index is 1.75. The van der Waals surface area contributed by atoms with Crippen molar-refractivity contribution in [2.24, 2.45) is 0 Å². The van der Waals surface area contributed by atoms with E-state index in [2.05, 4.69) is 15.1 Å². The summed E-state index contributed by atoms with van der Waals surface area (Å²) in [6.45, 7) is 2.02. The van der Waals surface area contributed by atoms with Crippen molar-refractivity contribution >= 4 is 11.7 Å². The zero-order chi connectivity index (χ0) is 12.4. The summed E-state index contributed by atoms with van der Waals surface area (Å²) >= 11 is 0. The normalized spacial score (nSPS) is 15.2. The summed E-state index contributed by atoms with van der Waals surface area (Å²) in [5.41, 5.74) is 7.68. The Hall–Kier alpha value is -2.04. The van der Waals surface area contributed by atoms with Crippen LogP contribution in [0.1, 0.15) is 24.3 Å². The van der Waals surface area contributed by atoms with Crippen molar-refractivity contribution in [3.8, 4) is 0 Å². The van der Waals surface area contributed by atoms with Gasteiger partial charge in [-0.3, -0.25) is 0 Å². The van der Waals surface area contributed by atoms with Gasteiger partial charge in [-0.25, -0.2) is 0 Å². The summed E-state index contributed by atoms with van der Waals surface area (Å²) in [6, 6.07) is 8.38. The highest BCUT2D eigenvalue weighted by atomic mass is 16.4. The monoisotopic (exact) mass is 244 g/mol. The lowest BCUT2D eigenvalue weighted by atomic mass is 10.1. The maximum atomic E-state index is 5.90. The van der Waals surface area contributed by atoms with Crippen LogP contribution in [0.4, 0.5) is 11.7 Å². The number of hydrogen-bond donors (Lipinski definition) is 1. The predicted molar refractivity (Wildman–Crippen MR) is 69.4 cm³/mol. The highest BCUT2D eigenvalue weighted by Gasteiger charge is 2.18. The SMILES string of the molecule is Nc1ccccc1Cc1nnc(N2CCCC2)o1. The molecule has 18 heavy (non-hydrogen) atoms. The average molecular weight is 244 g/mol. The zero-order valence-electron chi connectivity index (χ0n) is 10.2. The molecular weight excluding hydrogens is 228 g/mol. The first kappa shape index (κ1) is 11.1. The van der Waals surface area contributed by atoms with Crippen LogP contribution in [0.15, 0.2) is 28.7 Å². The van der Waals surface area contributed by atoms with Crippen LogP contribution in [0.25, 0.3) is 0 Å². The first-order chi connectivity index (χ1) is 8.83. The van der Waals surface area contributed by atoms with Gasteiger partial charge in [-0.1, -0.05) is 23.3 Å². The lowest BCUT2D eigenvalue weighted by Crippen LogP contribution is -2.17. The Morgan fingerprint density at radius 2 is 1.94 bits per heavy atom. The molecule has 2 heterocycles. The van der Waals surface area contributed by atoms with Crippen LogP contribution in [0.3, 0.4) is 0 Å². The van der Waals surface area contributed by atoms with Crippen LogP contribution < -0.4 is 10.6 Å². The molecule has 1 aliphatic rings. The van der Waals surface area contributed by atoms with Crippen molar-refractivity contribution < 1.29 is 4.42 Å². The van der Waals surface area contributed by atoms with E-state index in [9.17, 15) is 0 Å². The quantitative estimate of drug-likeness (QED) is 0.834. The maximum Gasteiger partial charge on any atom is 0.318 e. The molecule has 0 saturated carbocycles. The molecule has 94 valence electrons. The molecule has 1 aromatic carbocycles. The van der Waals surface area contributed by atoms with E-state index >= 15 is 0 Å². The van der Waals surface area contributed by atoms with Gasteiger partial charge in [0.1, 0.15) is 0 Å². The molecule has 2 aromatic rings. The summed E-state index contributed by atoms with van der Waals surface area (Å²) in [4.78, 5) is 2.13. The second-order valence-electron chi connectivity index (χ2n) is 4.55. The van der Waals surface area contributed by atoms with E-state index in [-0.39, 0.29) is 0 Å². The van der Waals surface area contributed by atoms with E-state index in [1.807, 2.05) is 24.3 Å². The van der Waals surface area contributed by atoms with Crippen LogP contribution in [-0.4, -0.2) is 23.3 Å². The third kappa shape index (κ3) is 2.16. The van der Waals surface area contributed by atoms with Crippen LogP contribution >= 0.6 is 0 Å². The van der Waals surface area contributed by atoms with Gasteiger partial charge in [0.2, 0.25) is 5.89 Å². The summed E-state index contributed by atoms with van der Waals surface area (Å²) in [5.74, 6) is 0.620. The number of aromatic nitrogens is 2. The van der Waals surface area contributed by atoms with Crippen molar-refractivity contribution in [3.05, 3.63) is 35.7 Å². The molecule has 5 nitrogen and oxygen atoms in total. The van der Waals surface area contributed by atoms with E-state index in [4.69, 9.17) is 10.2 Å². The Morgan fingerprint density at radius 3 is 2.72 bits per heavy atom. The smallest absolute Gasteiger partial charge is 0.318 e. The molecule has 2 N–H and O–H groups in total. The molecule has 0 radical (unpaired) electrons. The fourth-order valence-corrected chi connectivity index (χ4v) is 2.21. The fourth-order valence-electron chi connectivity index (χ4n) is 2.21. The molecular formula is C13H16N4O. The lowest BCUT2D eigenvalue weighted by Gasteiger charge is -2.09. The summed E-state index contributed by atoms with van der Waals surface area (Å²) in [5, 5.41) is 8.18. The van der Waals surface area contributed by atoms with Crippen molar-refractivity contribution in [2.75, 3.05) is 23.7 Å². The Morgan fingerprint density at radius 1 is 1.17 bits per heavy atom. The molecule has 5 heteroatoms. The zero-order valence-corrected chi connectivity index (χ0v) is 10.2. The molecule has 0 spiro atoms. The number of benzene rings is 1. The molecule has 3 rings (SSSR count). The van der Waals surface area contributed by atoms with Crippen LogP contribution in [0.2, 0.25) is 0 Å². The molecule has 0 amide bonds. The van der Waals surface area contributed by atoms with Gasteiger partial charge in [-0.15, -0.1) is 5.10 Å². The van der Waals surface area contributed by atoms with Gasteiger partial charge >= 0.3 is 6.01 Å². The van der Waals surface area contributed by atoms with E-state index < -0.39 is 0 Å². The van der Waals surface area contributed by atoms with Crippen molar-refractivity contribution in [1.29, 1.82) is 0 Å². The average Bonchev–Trinajstić information content (AvgIpc) is 3.02. The Bertz CT molecular complexity index is 531. The lowest BCUT2D eigenvalue weighted by molar-refractivity contribution is 0.500.